The van der Waals surface area contributed by atoms with Gasteiger partial charge in [0.25, 0.3) is 0 Å². The van der Waals surface area contributed by atoms with E-state index in [0.717, 1.165) is 21.3 Å². The lowest BCUT2D eigenvalue weighted by Crippen LogP contribution is -2.38. The van der Waals surface area contributed by atoms with E-state index >= 15 is 0 Å². The number of methoxy groups -OCH3 is 4. The molecule has 0 saturated heterocycles. The second kappa shape index (κ2) is 10.6. The molecule has 26 heavy (non-hydrogen) atoms. The van der Waals surface area contributed by atoms with E-state index < -0.39 is 12.4 Å². The largest absolute Gasteiger partial charge is 0.496 e. The van der Waals surface area contributed by atoms with E-state index in [1.54, 1.807) is 7.11 Å². The number of nitrogens with zero attached hydrogens (tertiary/aromatic N) is 1. The van der Waals surface area contributed by atoms with Gasteiger partial charge in [-0.15, -0.1) is 0 Å². The molecule has 0 fully saturated rings. The van der Waals surface area contributed by atoms with Crippen molar-refractivity contribution in [3.63, 3.8) is 0 Å². The van der Waals surface area contributed by atoms with Gasteiger partial charge in [-0.05, 0) is 26.8 Å². The summed E-state index contributed by atoms with van der Waals surface area (Å²) in [4.78, 5) is 13.7. The van der Waals surface area contributed by atoms with Gasteiger partial charge in [0, 0.05) is 29.8 Å². The van der Waals surface area contributed by atoms with E-state index in [0.29, 0.717) is 5.75 Å². The lowest BCUT2D eigenvalue weighted by molar-refractivity contribution is -0.114. The lowest BCUT2D eigenvalue weighted by Gasteiger charge is -2.27. The number of carbonyl (C=O) groups is 1. The van der Waals surface area contributed by atoms with Crippen molar-refractivity contribution in [1.29, 1.82) is 0 Å². The predicted molar refractivity (Wildman–Crippen MR) is 102 cm³/mol. The first-order valence-electron chi connectivity index (χ1n) is 8.20. The molecule has 0 atom stereocenters. The first-order chi connectivity index (χ1) is 12.3. The van der Waals surface area contributed by atoms with Gasteiger partial charge in [0.15, 0.2) is 6.29 Å². The molecule has 1 aromatic carbocycles. The number of ether oxygens (including phenoxy) is 5. The molecule has 0 bridgehead atoms. The maximum atomic E-state index is 12.2. The minimum atomic E-state index is -0.566. The molecular weight excluding hydrogens is 406 g/mol. The quantitative estimate of drug-likeness (QED) is 0.552. The Morgan fingerprint density at radius 3 is 2.27 bits per heavy atom. The van der Waals surface area contributed by atoms with Gasteiger partial charge < -0.3 is 23.7 Å². The number of benzene rings is 1. The highest BCUT2D eigenvalue weighted by molar-refractivity contribution is 9.10. The summed E-state index contributed by atoms with van der Waals surface area (Å²) in [5.74, 6) is 1.37. The summed E-state index contributed by atoms with van der Waals surface area (Å²) in [5.41, 5.74) is 1.66. The average Bonchev–Trinajstić information content (AvgIpc) is 2.61. The minimum absolute atomic E-state index is 0.0342. The summed E-state index contributed by atoms with van der Waals surface area (Å²) < 4.78 is 27.5. The van der Waals surface area contributed by atoms with Crippen LogP contribution in [0.1, 0.15) is 25.0 Å². The van der Waals surface area contributed by atoms with E-state index in [-0.39, 0.29) is 19.2 Å². The summed E-state index contributed by atoms with van der Waals surface area (Å²) in [6.07, 6.45) is -1.02. The van der Waals surface area contributed by atoms with Gasteiger partial charge in [-0.2, -0.15) is 0 Å². The van der Waals surface area contributed by atoms with Crippen LogP contribution in [0.25, 0.3) is 0 Å². The van der Waals surface area contributed by atoms with Crippen molar-refractivity contribution in [3.05, 3.63) is 21.7 Å². The van der Waals surface area contributed by atoms with Crippen LogP contribution in [0.2, 0.25) is 0 Å². The highest BCUT2D eigenvalue weighted by Crippen LogP contribution is 2.38. The molecule has 0 N–H and O–H groups in total. The average molecular weight is 434 g/mol. The van der Waals surface area contributed by atoms with Gasteiger partial charge >= 0.3 is 6.09 Å². The summed E-state index contributed by atoms with van der Waals surface area (Å²) in [6, 6.07) is 1.88. The molecule has 148 valence electrons. The van der Waals surface area contributed by atoms with E-state index in [4.69, 9.17) is 23.7 Å². The fraction of sp³-hybridized carbons (Fsp3) is 0.611. The maximum Gasteiger partial charge on any atom is 0.409 e. The Morgan fingerprint density at radius 2 is 1.81 bits per heavy atom. The van der Waals surface area contributed by atoms with Crippen LogP contribution in [-0.4, -0.2) is 58.4 Å². The Morgan fingerprint density at radius 1 is 1.19 bits per heavy atom. The highest BCUT2D eigenvalue weighted by atomic mass is 79.9. The summed E-state index contributed by atoms with van der Waals surface area (Å²) in [7, 11) is 5.96. The van der Waals surface area contributed by atoms with E-state index in [9.17, 15) is 4.79 Å². The van der Waals surface area contributed by atoms with Crippen LogP contribution in [0, 0.1) is 6.92 Å². The van der Waals surface area contributed by atoms with Crippen LogP contribution in [0.15, 0.2) is 10.5 Å². The molecule has 1 aromatic rings. The highest BCUT2D eigenvalue weighted by Gasteiger charge is 2.24. The number of hydrogen-bond donors (Lipinski definition) is 0. The monoisotopic (exact) mass is 433 g/mol. The number of halogens is 1. The number of hydrogen-bond acceptors (Lipinski definition) is 6. The molecule has 7 nitrogen and oxygen atoms in total. The Bertz CT molecular complexity index is 604. The van der Waals surface area contributed by atoms with Crippen molar-refractivity contribution in [2.45, 2.75) is 39.7 Å². The second-order valence-electron chi connectivity index (χ2n) is 5.91. The molecule has 8 heteroatoms. The third-order valence-corrected chi connectivity index (χ3v) is 4.48. The standard InChI is InChI=1S/C18H28BrNO6/c1-11(2)26-15-8-14(19)13(17(24-6)12(15)3)9-20(18(21)25-7)10-16(22-4)23-5/h8,11,16H,9-10H2,1-7H3. The van der Waals surface area contributed by atoms with Crippen molar-refractivity contribution in [2.24, 2.45) is 0 Å². The first kappa shape index (κ1) is 22.5. The van der Waals surface area contributed by atoms with Gasteiger partial charge in [0.05, 0.1) is 33.4 Å². The normalized spacial score (nSPS) is 11.0. The van der Waals surface area contributed by atoms with Gasteiger partial charge in [0.2, 0.25) is 0 Å². The Kier molecular flexibility index (Phi) is 9.18. The van der Waals surface area contributed by atoms with Crippen molar-refractivity contribution in [1.82, 2.24) is 4.90 Å². The molecular formula is C18H28BrNO6. The van der Waals surface area contributed by atoms with E-state index in [2.05, 4.69) is 15.9 Å². The van der Waals surface area contributed by atoms with Crippen LogP contribution in [0.3, 0.4) is 0 Å². The molecule has 0 aliphatic heterocycles. The van der Waals surface area contributed by atoms with E-state index in [1.807, 2.05) is 26.8 Å². The topological polar surface area (TPSA) is 66.5 Å². The smallest absolute Gasteiger partial charge is 0.409 e. The maximum absolute atomic E-state index is 12.2. The number of carbonyl (C=O) groups excluding carboxylic acids is 1. The number of amides is 1. The van der Waals surface area contributed by atoms with Crippen LogP contribution < -0.4 is 9.47 Å². The Balaban J connectivity index is 3.25. The first-order valence-corrected chi connectivity index (χ1v) is 8.99. The molecule has 1 rings (SSSR count). The third-order valence-electron chi connectivity index (χ3n) is 3.77. The molecule has 0 heterocycles. The SMILES string of the molecule is COC(=O)N(Cc1c(Br)cc(OC(C)C)c(C)c1OC)CC(OC)OC. The number of rotatable bonds is 9. The lowest BCUT2D eigenvalue weighted by atomic mass is 10.1. The van der Waals surface area contributed by atoms with Crippen molar-refractivity contribution >= 4 is 22.0 Å². The van der Waals surface area contributed by atoms with Gasteiger partial charge in [-0.3, -0.25) is 4.90 Å². The van der Waals surface area contributed by atoms with Crippen molar-refractivity contribution in [3.8, 4) is 11.5 Å². The summed E-state index contributed by atoms with van der Waals surface area (Å²) in [6.45, 7) is 6.30. The molecule has 0 saturated carbocycles. The molecule has 0 aromatic heterocycles. The summed E-state index contributed by atoms with van der Waals surface area (Å²) >= 11 is 3.56. The zero-order valence-corrected chi connectivity index (χ0v) is 18.0. The summed E-state index contributed by atoms with van der Waals surface area (Å²) in [5, 5.41) is 0. The third kappa shape index (κ3) is 5.75. The van der Waals surface area contributed by atoms with Crippen molar-refractivity contribution in [2.75, 3.05) is 35.0 Å². The molecule has 0 aliphatic carbocycles. The van der Waals surface area contributed by atoms with Crippen LogP contribution in [0.4, 0.5) is 4.79 Å². The Labute approximate surface area is 163 Å². The molecule has 1 amide bonds. The molecule has 0 unspecified atom stereocenters. The Hall–Kier alpha value is -1.51. The van der Waals surface area contributed by atoms with Gasteiger partial charge in [0.1, 0.15) is 11.5 Å². The molecule has 0 radical (unpaired) electrons. The fourth-order valence-electron chi connectivity index (χ4n) is 2.51. The van der Waals surface area contributed by atoms with Gasteiger partial charge in [-0.1, -0.05) is 15.9 Å². The zero-order valence-electron chi connectivity index (χ0n) is 16.4. The fourth-order valence-corrected chi connectivity index (χ4v) is 3.02. The van der Waals surface area contributed by atoms with Gasteiger partial charge in [-0.25, -0.2) is 4.79 Å². The van der Waals surface area contributed by atoms with Crippen LogP contribution in [0.5, 0.6) is 11.5 Å². The minimum Gasteiger partial charge on any atom is -0.496 e. The predicted octanol–water partition coefficient (Wildman–Crippen LogP) is 3.74. The zero-order chi connectivity index (χ0) is 19.9. The molecule has 0 aliphatic rings. The van der Waals surface area contributed by atoms with Crippen molar-refractivity contribution < 1.29 is 28.5 Å². The second-order valence-corrected chi connectivity index (χ2v) is 6.77. The van der Waals surface area contributed by atoms with E-state index in [1.165, 1.54) is 26.2 Å². The van der Waals surface area contributed by atoms with Crippen LogP contribution in [-0.2, 0) is 20.8 Å². The molecule has 0 spiro atoms. The van der Waals surface area contributed by atoms with Crippen LogP contribution >= 0.6 is 15.9 Å².